The fourth-order valence-corrected chi connectivity index (χ4v) is 3.72. The first kappa shape index (κ1) is 20.6. The molecule has 2 aromatic heterocycles. The van der Waals surface area contributed by atoms with Crippen LogP contribution in [0.2, 0.25) is 0 Å². The Balaban J connectivity index is 1.88. The average Bonchev–Trinajstić information content (AvgIpc) is 3.10. The Morgan fingerprint density at radius 2 is 1.87 bits per heavy atom. The van der Waals surface area contributed by atoms with Crippen LogP contribution in [0.1, 0.15) is 16.7 Å². The summed E-state index contributed by atoms with van der Waals surface area (Å²) in [5.41, 5.74) is -2.06. The Labute approximate surface area is 176 Å². The van der Waals surface area contributed by atoms with Gasteiger partial charge in [-0.25, -0.2) is 0 Å². The van der Waals surface area contributed by atoms with Crippen LogP contribution in [0.5, 0.6) is 0 Å². The quantitative estimate of drug-likeness (QED) is 0.390. The largest absolute Gasteiger partial charge is 0.425 e. The molecule has 2 heterocycles. The molecule has 0 aliphatic heterocycles. The SMILES string of the molecule is Cn1cc(C(O)(c2ccc(Nc3cccnc3)c(C=N)c2)C(F)(F)F)c2ccccc21. The summed E-state index contributed by atoms with van der Waals surface area (Å²) in [6, 6.07) is 13.9. The van der Waals surface area contributed by atoms with Crippen molar-refractivity contribution in [1.82, 2.24) is 9.55 Å². The van der Waals surface area contributed by atoms with Gasteiger partial charge < -0.3 is 20.4 Å². The molecule has 8 heteroatoms. The van der Waals surface area contributed by atoms with Gasteiger partial charge in [-0.05, 0) is 35.9 Å². The number of nitrogens with one attached hydrogen (secondary N) is 2. The standard InChI is InChI=1S/C23H19F3N4O/c1-30-14-19(18-6-2-3-7-21(18)30)22(31,23(24,25)26)16-8-9-20(15(11-16)12-27)29-17-5-4-10-28-13-17/h2-14,27,29,31H,1H3. The minimum atomic E-state index is -4.99. The van der Waals surface area contributed by atoms with Crippen molar-refractivity contribution in [3.8, 4) is 0 Å². The van der Waals surface area contributed by atoms with Gasteiger partial charge in [0.15, 0.2) is 0 Å². The number of halogens is 3. The molecule has 0 bridgehead atoms. The van der Waals surface area contributed by atoms with Crippen LogP contribution in [0.3, 0.4) is 0 Å². The molecule has 4 aromatic rings. The van der Waals surface area contributed by atoms with Crippen LogP contribution in [0.25, 0.3) is 10.9 Å². The molecule has 4 rings (SSSR count). The van der Waals surface area contributed by atoms with Crippen molar-refractivity contribution >= 4 is 28.5 Å². The Kier molecular flexibility index (Phi) is 5.02. The number of benzene rings is 2. The summed E-state index contributed by atoms with van der Waals surface area (Å²) >= 11 is 0. The number of aliphatic hydroxyl groups is 1. The van der Waals surface area contributed by atoms with E-state index in [9.17, 15) is 18.3 Å². The van der Waals surface area contributed by atoms with E-state index in [4.69, 9.17) is 5.41 Å². The number of hydrogen-bond acceptors (Lipinski definition) is 4. The molecule has 3 N–H and O–H groups in total. The van der Waals surface area contributed by atoms with E-state index in [-0.39, 0.29) is 16.7 Å². The van der Waals surface area contributed by atoms with Gasteiger partial charge in [-0.2, -0.15) is 13.2 Å². The zero-order valence-corrected chi connectivity index (χ0v) is 16.5. The highest BCUT2D eigenvalue weighted by atomic mass is 19.4. The normalized spacial score (nSPS) is 13.7. The molecule has 0 aliphatic rings. The van der Waals surface area contributed by atoms with E-state index in [1.807, 2.05) is 0 Å². The van der Waals surface area contributed by atoms with Crippen LogP contribution >= 0.6 is 0 Å². The van der Waals surface area contributed by atoms with Gasteiger partial charge in [-0.1, -0.05) is 24.3 Å². The lowest BCUT2D eigenvalue weighted by Crippen LogP contribution is -2.43. The number of anilines is 2. The summed E-state index contributed by atoms with van der Waals surface area (Å²) in [6.07, 6.45) is 0.407. The van der Waals surface area contributed by atoms with E-state index in [1.54, 1.807) is 60.4 Å². The van der Waals surface area contributed by atoms with E-state index in [0.717, 1.165) is 6.21 Å². The number of pyridine rings is 1. The molecule has 158 valence electrons. The first-order valence-electron chi connectivity index (χ1n) is 9.41. The van der Waals surface area contributed by atoms with Gasteiger partial charge in [0.2, 0.25) is 5.60 Å². The number of hydrogen-bond donors (Lipinski definition) is 3. The van der Waals surface area contributed by atoms with E-state index >= 15 is 0 Å². The Bertz CT molecular complexity index is 1250. The predicted octanol–water partition coefficient (Wildman–Crippen LogP) is 5.11. The van der Waals surface area contributed by atoms with E-state index in [1.165, 1.54) is 24.4 Å². The second-order valence-corrected chi connectivity index (χ2v) is 7.19. The molecule has 1 unspecified atom stereocenters. The number of nitrogens with zero attached hydrogens (tertiary/aromatic N) is 2. The second-order valence-electron chi connectivity index (χ2n) is 7.19. The number of aryl methyl sites for hydroxylation is 1. The van der Waals surface area contributed by atoms with E-state index in [2.05, 4.69) is 10.3 Å². The van der Waals surface area contributed by atoms with Crippen molar-refractivity contribution in [3.05, 3.63) is 89.9 Å². The number of alkyl halides is 3. The monoisotopic (exact) mass is 424 g/mol. The molecule has 0 radical (unpaired) electrons. The van der Waals surface area contributed by atoms with Gasteiger partial charge in [0, 0.05) is 53.4 Å². The van der Waals surface area contributed by atoms with Crippen LogP contribution in [-0.2, 0) is 12.6 Å². The van der Waals surface area contributed by atoms with Gasteiger partial charge in [0.25, 0.3) is 0 Å². The van der Waals surface area contributed by atoms with Crippen molar-refractivity contribution in [2.45, 2.75) is 11.8 Å². The number of aromatic nitrogens is 2. The summed E-state index contributed by atoms with van der Waals surface area (Å²) in [7, 11) is 1.63. The number of para-hydroxylation sites is 1. The van der Waals surface area contributed by atoms with Crippen LogP contribution in [-0.4, -0.2) is 27.0 Å². The second kappa shape index (κ2) is 7.55. The Hall–Kier alpha value is -3.65. The lowest BCUT2D eigenvalue weighted by molar-refractivity contribution is -0.247. The summed E-state index contributed by atoms with van der Waals surface area (Å²) in [4.78, 5) is 3.99. The summed E-state index contributed by atoms with van der Waals surface area (Å²) < 4.78 is 44.6. The third kappa shape index (κ3) is 3.44. The van der Waals surface area contributed by atoms with E-state index in [0.29, 0.717) is 22.3 Å². The van der Waals surface area contributed by atoms with Crippen LogP contribution in [0.15, 0.2) is 73.2 Å². The van der Waals surface area contributed by atoms with Crippen molar-refractivity contribution in [2.75, 3.05) is 5.32 Å². The molecule has 0 fully saturated rings. The molecule has 0 saturated heterocycles. The molecule has 1 atom stereocenters. The third-order valence-electron chi connectivity index (χ3n) is 5.26. The molecule has 0 amide bonds. The number of rotatable bonds is 5. The van der Waals surface area contributed by atoms with Crippen LogP contribution < -0.4 is 5.32 Å². The summed E-state index contributed by atoms with van der Waals surface area (Å²) in [6.45, 7) is 0. The van der Waals surface area contributed by atoms with Crippen LogP contribution in [0, 0.1) is 5.41 Å². The minimum Gasteiger partial charge on any atom is -0.372 e. The molecular weight excluding hydrogens is 405 g/mol. The summed E-state index contributed by atoms with van der Waals surface area (Å²) in [5, 5.41) is 22.2. The maximum atomic E-state index is 14.4. The zero-order valence-electron chi connectivity index (χ0n) is 16.5. The first-order chi connectivity index (χ1) is 14.8. The molecular formula is C23H19F3N4O. The molecule has 2 aromatic carbocycles. The van der Waals surface area contributed by atoms with E-state index < -0.39 is 11.8 Å². The topological polar surface area (TPSA) is 73.9 Å². The van der Waals surface area contributed by atoms with Gasteiger partial charge >= 0.3 is 6.18 Å². The van der Waals surface area contributed by atoms with Crippen molar-refractivity contribution < 1.29 is 18.3 Å². The molecule has 0 saturated carbocycles. The third-order valence-corrected chi connectivity index (χ3v) is 5.26. The molecule has 0 spiro atoms. The van der Waals surface area contributed by atoms with Crippen molar-refractivity contribution in [1.29, 1.82) is 5.41 Å². The molecule has 0 aliphatic carbocycles. The maximum absolute atomic E-state index is 14.4. The highest BCUT2D eigenvalue weighted by Crippen LogP contribution is 2.47. The minimum absolute atomic E-state index is 0.198. The fraction of sp³-hybridized carbons (Fsp3) is 0.130. The molecule has 5 nitrogen and oxygen atoms in total. The first-order valence-corrected chi connectivity index (χ1v) is 9.41. The highest BCUT2D eigenvalue weighted by molar-refractivity contribution is 5.89. The Morgan fingerprint density at radius 3 is 2.55 bits per heavy atom. The Morgan fingerprint density at radius 1 is 1.10 bits per heavy atom. The van der Waals surface area contributed by atoms with Crippen LogP contribution in [0.4, 0.5) is 24.5 Å². The van der Waals surface area contributed by atoms with Gasteiger partial charge in [-0.15, -0.1) is 0 Å². The lowest BCUT2D eigenvalue weighted by Gasteiger charge is -2.31. The number of fused-ring (bicyclic) bond motifs is 1. The smallest absolute Gasteiger partial charge is 0.372 e. The zero-order chi connectivity index (χ0) is 22.2. The van der Waals surface area contributed by atoms with Gasteiger partial charge in [0.1, 0.15) is 0 Å². The maximum Gasteiger partial charge on any atom is 0.425 e. The average molecular weight is 424 g/mol. The van der Waals surface area contributed by atoms with Gasteiger partial charge in [0.05, 0.1) is 11.9 Å². The fourth-order valence-electron chi connectivity index (χ4n) is 3.72. The lowest BCUT2D eigenvalue weighted by atomic mass is 9.84. The molecule has 31 heavy (non-hydrogen) atoms. The highest BCUT2D eigenvalue weighted by Gasteiger charge is 2.57. The van der Waals surface area contributed by atoms with Crippen molar-refractivity contribution in [2.24, 2.45) is 7.05 Å². The van der Waals surface area contributed by atoms with Crippen molar-refractivity contribution in [3.63, 3.8) is 0 Å². The predicted molar refractivity (Wildman–Crippen MR) is 114 cm³/mol. The summed E-state index contributed by atoms with van der Waals surface area (Å²) in [5.74, 6) is 0. The van der Waals surface area contributed by atoms with Gasteiger partial charge in [-0.3, -0.25) is 4.98 Å².